The molecule has 0 saturated carbocycles. The standard InChI is InChI=1S/C39H44N4O7S2/c1-29-3-7-31(8-4-29)49-25-23-40-15-19-42(20-16-40)51(45,46)33-11-13-35-36-14-12-34(28-38(36)39(44)37(35)27-33)52(47,48)43-21-17-41(18-22-43)24-26-50-32-9-5-30(2)6-10-32/h3-14,27-28H,15-26H2,1-2H3. The van der Waals surface area contributed by atoms with E-state index >= 15 is 0 Å². The second-order valence-electron chi connectivity index (χ2n) is 13.6. The Kier molecular flexibility index (Phi) is 10.5. The van der Waals surface area contributed by atoms with Gasteiger partial charge in [-0.1, -0.05) is 47.5 Å². The van der Waals surface area contributed by atoms with Gasteiger partial charge < -0.3 is 9.47 Å². The van der Waals surface area contributed by atoms with Gasteiger partial charge in [0, 0.05) is 76.6 Å². The molecule has 13 heteroatoms. The highest BCUT2D eigenvalue weighted by molar-refractivity contribution is 7.89. The van der Waals surface area contributed by atoms with Crippen molar-refractivity contribution in [2.75, 3.05) is 78.7 Å². The number of benzene rings is 4. The zero-order valence-electron chi connectivity index (χ0n) is 29.5. The molecule has 7 rings (SSSR count). The summed E-state index contributed by atoms with van der Waals surface area (Å²) in [6.45, 7) is 10.0. The normalized spacial score (nSPS) is 17.5. The van der Waals surface area contributed by atoms with E-state index < -0.39 is 20.0 Å². The second kappa shape index (κ2) is 15.1. The molecule has 0 radical (unpaired) electrons. The van der Waals surface area contributed by atoms with Gasteiger partial charge in [-0.2, -0.15) is 8.61 Å². The van der Waals surface area contributed by atoms with Crippen LogP contribution in [0.1, 0.15) is 27.0 Å². The van der Waals surface area contributed by atoms with Gasteiger partial charge in [0.1, 0.15) is 24.7 Å². The van der Waals surface area contributed by atoms with Gasteiger partial charge in [0.25, 0.3) is 0 Å². The molecule has 2 aliphatic heterocycles. The Morgan fingerprint density at radius 3 is 1.23 bits per heavy atom. The van der Waals surface area contributed by atoms with Gasteiger partial charge in [-0.05, 0) is 73.5 Å². The summed E-state index contributed by atoms with van der Waals surface area (Å²) in [5.41, 5.74) is 4.06. The molecule has 0 aromatic heterocycles. The second-order valence-corrected chi connectivity index (χ2v) is 17.4. The van der Waals surface area contributed by atoms with Gasteiger partial charge in [0.2, 0.25) is 20.0 Å². The van der Waals surface area contributed by atoms with Crippen LogP contribution in [0.25, 0.3) is 11.1 Å². The number of nitrogens with zero attached hydrogens (tertiary/aromatic N) is 4. The van der Waals surface area contributed by atoms with E-state index in [1.807, 2.05) is 62.4 Å². The lowest BCUT2D eigenvalue weighted by Crippen LogP contribution is -2.49. The number of ketones is 1. The van der Waals surface area contributed by atoms with E-state index in [0.29, 0.717) is 89.8 Å². The lowest BCUT2D eigenvalue weighted by atomic mass is 10.1. The van der Waals surface area contributed by atoms with Crippen LogP contribution in [-0.2, 0) is 20.0 Å². The summed E-state index contributed by atoms with van der Waals surface area (Å²) in [4.78, 5) is 18.1. The molecule has 0 amide bonds. The average molecular weight is 745 g/mol. The number of hydrogen-bond acceptors (Lipinski definition) is 9. The maximum Gasteiger partial charge on any atom is 0.243 e. The Balaban J connectivity index is 0.943. The van der Waals surface area contributed by atoms with Gasteiger partial charge in [-0.25, -0.2) is 16.8 Å². The third kappa shape index (κ3) is 7.66. The first-order valence-electron chi connectivity index (χ1n) is 17.7. The summed E-state index contributed by atoms with van der Waals surface area (Å²) < 4.78 is 69.4. The van der Waals surface area contributed by atoms with Crippen LogP contribution < -0.4 is 9.47 Å². The first-order valence-corrected chi connectivity index (χ1v) is 20.5. The van der Waals surface area contributed by atoms with Crippen molar-refractivity contribution in [3.8, 4) is 22.6 Å². The highest BCUT2D eigenvalue weighted by atomic mass is 32.2. The number of fused-ring (bicyclic) bond motifs is 3. The number of carbonyl (C=O) groups is 1. The number of piperazine rings is 2. The molecule has 4 aromatic rings. The molecule has 2 fully saturated rings. The first-order chi connectivity index (χ1) is 25.0. The topological polar surface area (TPSA) is 117 Å². The molecule has 0 spiro atoms. The molecule has 274 valence electrons. The van der Waals surface area contributed by atoms with Crippen molar-refractivity contribution >= 4 is 25.8 Å². The third-order valence-electron chi connectivity index (χ3n) is 10.1. The van der Waals surface area contributed by atoms with E-state index in [1.165, 1.54) is 44.0 Å². The summed E-state index contributed by atoms with van der Waals surface area (Å²) >= 11 is 0. The first kappa shape index (κ1) is 36.3. The smallest absolute Gasteiger partial charge is 0.243 e. The quantitative estimate of drug-likeness (QED) is 0.185. The summed E-state index contributed by atoms with van der Waals surface area (Å²) in [5, 5.41) is 0. The molecule has 11 nitrogen and oxygen atoms in total. The Morgan fingerprint density at radius 1 is 0.500 bits per heavy atom. The Bertz CT molecular complexity index is 1990. The highest BCUT2D eigenvalue weighted by Crippen LogP contribution is 2.39. The van der Waals surface area contributed by atoms with Gasteiger partial charge in [-0.3, -0.25) is 14.6 Å². The fourth-order valence-corrected chi connectivity index (χ4v) is 9.80. The van der Waals surface area contributed by atoms with Crippen LogP contribution >= 0.6 is 0 Å². The molecule has 4 aromatic carbocycles. The fourth-order valence-electron chi connectivity index (χ4n) is 6.90. The molecular weight excluding hydrogens is 701 g/mol. The summed E-state index contributed by atoms with van der Waals surface area (Å²) in [6.07, 6.45) is 0. The maximum absolute atomic E-state index is 13.7. The van der Waals surface area contributed by atoms with Gasteiger partial charge in [-0.15, -0.1) is 0 Å². The Morgan fingerprint density at radius 2 is 0.865 bits per heavy atom. The predicted molar refractivity (Wildman–Crippen MR) is 199 cm³/mol. The molecule has 0 atom stereocenters. The minimum Gasteiger partial charge on any atom is -0.492 e. The molecule has 2 heterocycles. The van der Waals surface area contributed by atoms with Crippen LogP contribution in [0.15, 0.2) is 94.7 Å². The van der Waals surface area contributed by atoms with Crippen molar-refractivity contribution in [3.63, 3.8) is 0 Å². The van der Waals surface area contributed by atoms with Crippen molar-refractivity contribution in [2.45, 2.75) is 23.6 Å². The fraction of sp³-hybridized carbons (Fsp3) is 0.359. The van der Waals surface area contributed by atoms with E-state index in [9.17, 15) is 21.6 Å². The van der Waals surface area contributed by atoms with Crippen LogP contribution in [0.3, 0.4) is 0 Å². The third-order valence-corrected chi connectivity index (χ3v) is 13.9. The zero-order chi connectivity index (χ0) is 36.5. The van der Waals surface area contributed by atoms with Crippen molar-refractivity contribution < 1.29 is 31.1 Å². The summed E-state index contributed by atoms with van der Waals surface area (Å²) in [5.74, 6) is 1.24. The molecule has 3 aliphatic rings. The van der Waals surface area contributed by atoms with Gasteiger partial charge in [0.05, 0.1) is 9.79 Å². The number of sulfonamides is 2. The molecule has 1 aliphatic carbocycles. The lowest BCUT2D eigenvalue weighted by molar-refractivity contribution is 0.104. The maximum atomic E-state index is 13.7. The minimum atomic E-state index is -3.85. The predicted octanol–water partition coefficient (Wildman–Crippen LogP) is 4.29. The van der Waals surface area contributed by atoms with Crippen LogP contribution in [-0.4, -0.2) is 120 Å². The van der Waals surface area contributed by atoms with E-state index in [4.69, 9.17) is 9.47 Å². The van der Waals surface area contributed by atoms with E-state index in [0.717, 1.165) is 11.5 Å². The minimum absolute atomic E-state index is 0.0542. The van der Waals surface area contributed by atoms with E-state index in [1.54, 1.807) is 12.1 Å². The van der Waals surface area contributed by atoms with E-state index in [2.05, 4.69) is 9.80 Å². The molecular formula is C39H44N4O7S2. The highest BCUT2D eigenvalue weighted by Gasteiger charge is 2.35. The van der Waals surface area contributed by atoms with Gasteiger partial charge >= 0.3 is 0 Å². The lowest BCUT2D eigenvalue weighted by Gasteiger charge is -2.33. The molecule has 0 unspecified atom stereocenters. The Labute approximate surface area is 306 Å². The van der Waals surface area contributed by atoms with Crippen molar-refractivity contribution in [2.24, 2.45) is 0 Å². The molecule has 0 bridgehead atoms. The molecule has 52 heavy (non-hydrogen) atoms. The largest absolute Gasteiger partial charge is 0.492 e. The van der Waals surface area contributed by atoms with Crippen LogP contribution in [0.5, 0.6) is 11.5 Å². The summed E-state index contributed by atoms with van der Waals surface area (Å²) in [7, 11) is -7.70. The van der Waals surface area contributed by atoms with Crippen molar-refractivity contribution in [1.82, 2.24) is 18.4 Å². The molecule has 0 N–H and O–H groups in total. The average Bonchev–Trinajstić information content (AvgIpc) is 3.44. The van der Waals surface area contributed by atoms with Crippen LogP contribution in [0, 0.1) is 13.8 Å². The SMILES string of the molecule is Cc1ccc(OCCN2CCN(S(=O)(=O)c3ccc4c(c3)C(=O)c3cc(S(=O)(=O)N5CCN(CCOc6ccc(C)cc6)CC5)ccc3-4)CC2)cc1. The molecule has 2 saturated heterocycles. The summed E-state index contributed by atoms with van der Waals surface area (Å²) in [6, 6.07) is 25.0. The Hall–Kier alpha value is -4.11. The monoisotopic (exact) mass is 744 g/mol. The zero-order valence-corrected chi connectivity index (χ0v) is 31.2. The number of hydrogen-bond donors (Lipinski definition) is 0. The number of ether oxygens (including phenoxy) is 2. The van der Waals surface area contributed by atoms with Gasteiger partial charge in [0.15, 0.2) is 5.78 Å². The van der Waals surface area contributed by atoms with Crippen molar-refractivity contribution in [1.29, 1.82) is 0 Å². The van der Waals surface area contributed by atoms with Crippen LogP contribution in [0.2, 0.25) is 0 Å². The van der Waals surface area contributed by atoms with Crippen molar-refractivity contribution in [3.05, 3.63) is 107 Å². The number of rotatable bonds is 12. The van der Waals surface area contributed by atoms with Crippen LogP contribution in [0.4, 0.5) is 0 Å². The number of carbonyl (C=O) groups excluding carboxylic acids is 1. The van der Waals surface area contributed by atoms with E-state index in [-0.39, 0.29) is 26.7 Å². The number of aryl methyl sites for hydroxylation is 2.